The van der Waals surface area contributed by atoms with Crippen LogP contribution in [0, 0.1) is 5.92 Å². The maximum Gasteiger partial charge on any atom is 0.342 e. The number of Topliss-reactive ketones (excluding diaryl/α,β-unsaturated/α-hetero) is 3. The summed E-state index contributed by atoms with van der Waals surface area (Å²) in [5, 5.41) is 13.4. The highest BCUT2D eigenvalue weighted by molar-refractivity contribution is 6.64. The molecule has 0 bridgehead atoms. The third-order valence-electron chi connectivity index (χ3n) is 5.07. The molecule has 1 aliphatic rings. The van der Waals surface area contributed by atoms with Crippen molar-refractivity contribution in [3.05, 3.63) is 23.3 Å². The van der Waals surface area contributed by atoms with Gasteiger partial charge in [-0.1, -0.05) is 6.92 Å². The van der Waals surface area contributed by atoms with Crippen molar-refractivity contribution in [2.75, 3.05) is 11.9 Å². The number of hydrogen-bond acceptors (Lipinski definition) is 7. The molecule has 0 saturated heterocycles. The zero-order chi connectivity index (χ0) is 21.7. The van der Waals surface area contributed by atoms with Gasteiger partial charge in [-0.3, -0.25) is 14.4 Å². The van der Waals surface area contributed by atoms with Gasteiger partial charge < -0.3 is 15.2 Å². The van der Waals surface area contributed by atoms with Crippen molar-refractivity contribution in [2.45, 2.75) is 58.7 Å². The van der Waals surface area contributed by atoms with Gasteiger partial charge in [0.05, 0.1) is 0 Å². The molecule has 0 fully saturated rings. The van der Waals surface area contributed by atoms with E-state index in [0.717, 1.165) is 0 Å². The Labute approximate surface area is 168 Å². The van der Waals surface area contributed by atoms with Gasteiger partial charge >= 0.3 is 5.97 Å². The number of ketones is 3. The van der Waals surface area contributed by atoms with E-state index in [-0.39, 0.29) is 37.0 Å². The third kappa shape index (κ3) is 5.40. The minimum Gasteiger partial charge on any atom is -0.507 e. The number of carbonyl (C=O) groups excluding carboxylic acids is 4. The standard InChI is InChI=1S/C21H26FNO6/c1-4-23-14-9-13-6-5-7-16(24)20(27)19(26)15(22)8-11(2)12(3)29-21(28)18(13)17(25)10-14/h9-12,15,23,25H,4-8H2,1-3H3/t11-,12-,15?/m0/s1. The predicted molar refractivity (Wildman–Crippen MR) is 104 cm³/mol. The van der Waals surface area contributed by atoms with E-state index < -0.39 is 41.5 Å². The van der Waals surface area contributed by atoms with Crippen LogP contribution in [-0.4, -0.2) is 47.2 Å². The van der Waals surface area contributed by atoms with Gasteiger partial charge in [0, 0.05) is 24.7 Å². The van der Waals surface area contributed by atoms with Gasteiger partial charge in [0.25, 0.3) is 5.78 Å². The van der Waals surface area contributed by atoms with Crippen molar-refractivity contribution >= 4 is 29.0 Å². The molecule has 1 aromatic carbocycles. The number of rotatable bonds is 2. The van der Waals surface area contributed by atoms with Gasteiger partial charge in [0.1, 0.15) is 17.4 Å². The minimum atomic E-state index is -2.13. The molecule has 1 aliphatic heterocycles. The highest BCUT2D eigenvalue weighted by Gasteiger charge is 2.33. The molecule has 3 atom stereocenters. The number of anilines is 1. The fraction of sp³-hybridized carbons (Fsp3) is 0.524. The number of phenols is 1. The Kier molecular flexibility index (Phi) is 7.47. The second-order valence-corrected chi connectivity index (χ2v) is 7.32. The van der Waals surface area contributed by atoms with Crippen molar-refractivity contribution in [3.8, 4) is 5.75 Å². The number of fused-ring (bicyclic) bond motifs is 1. The molecule has 0 radical (unpaired) electrons. The number of alkyl halides is 1. The molecule has 0 spiro atoms. The summed E-state index contributed by atoms with van der Waals surface area (Å²) in [6.45, 7) is 5.59. The summed E-state index contributed by atoms with van der Waals surface area (Å²) in [6, 6.07) is 3.08. The topological polar surface area (TPSA) is 110 Å². The molecule has 0 saturated carbocycles. The van der Waals surface area contributed by atoms with Gasteiger partial charge in [0.15, 0.2) is 6.17 Å². The number of phenolic OH excluding ortho intramolecular Hbond substituents is 1. The van der Waals surface area contributed by atoms with E-state index in [1.165, 1.54) is 6.07 Å². The van der Waals surface area contributed by atoms with Crippen LogP contribution in [0.5, 0.6) is 5.75 Å². The number of halogens is 1. The van der Waals surface area contributed by atoms with E-state index in [1.807, 2.05) is 6.92 Å². The monoisotopic (exact) mass is 407 g/mol. The lowest BCUT2D eigenvalue weighted by atomic mass is 9.93. The first-order valence-corrected chi connectivity index (χ1v) is 9.71. The summed E-state index contributed by atoms with van der Waals surface area (Å²) in [7, 11) is 0. The molecule has 29 heavy (non-hydrogen) atoms. The van der Waals surface area contributed by atoms with E-state index in [4.69, 9.17) is 4.74 Å². The van der Waals surface area contributed by atoms with Gasteiger partial charge in [-0.15, -0.1) is 0 Å². The van der Waals surface area contributed by atoms with Crippen molar-refractivity contribution in [1.29, 1.82) is 0 Å². The Hall–Kier alpha value is -2.77. The molecule has 2 N–H and O–H groups in total. The summed E-state index contributed by atoms with van der Waals surface area (Å²) in [6.07, 6.45) is -3.19. The SMILES string of the molecule is CCNc1cc(O)c2c(c1)CCCC(=O)C(=O)C(=O)C(F)C[C@H](C)[C@H](C)OC2=O. The fourth-order valence-corrected chi connectivity index (χ4v) is 3.23. The van der Waals surface area contributed by atoms with Crippen LogP contribution in [0.3, 0.4) is 0 Å². The van der Waals surface area contributed by atoms with E-state index in [2.05, 4.69) is 5.32 Å². The van der Waals surface area contributed by atoms with Crippen molar-refractivity contribution in [2.24, 2.45) is 5.92 Å². The Morgan fingerprint density at radius 1 is 1.17 bits per heavy atom. The number of carbonyl (C=O) groups is 4. The van der Waals surface area contributed by atoms with Crippen LogP contribution in [0.15, 0.2) is 12.1 Å². The van der Waals surface area contributed by atoms with Crippen LogP contribution in [0.25, 0.3) is 0 Å². The van der Waals surface area contributed by atoms with Crippen LogP contribution in [0.1, 0.15) is 56.0 Å². The zero-order valence-electron chi connectivity index (χ0n) is 16.8. The van der Waals surface area contributed by atoms with Crippen molar-refractivity contribution in [3.63, 3.8) is 0 Å². The summed E-state index contributed by atoms with van der Waals surface area (Å²) < 4.78 is 19.6. The van der Waals surface area contributed by atoms with Gasteiger partial charge in [-0.2, -0.15) is 0 Å². The number of ether oxygens (including phenoxy) is 1. The van der Waals surface area contributed by atoms with Gasteiger partial charge in [-0.05, 0) is 50.7 Å². The first-order valence-electron chi connectivity index (χ1n) is 9.71. The first kappa shape index (κ1) is 22.5. The Morgan fingerprint density at radius 2 is 1.86 bits per heavy atom. The lowest BCUT2D eigenvalue weighted by Crippen LogP contribution is -2.34. The van der Waals surface area contributed by atoms with Crippen LogP contribution in [-0.2, 0) is 25.5 Å². The largest absolute Gasteiger partial charge is 0.507 e. The second kappa shape index (κ2) is 9.62. The summed E-state index contributed by atoms with van der Waals surface area (Å²) in [5.74, 6) is -5.26. The molecule has 1 aromatic rings. The second-order valence-electron chi connectivity index (χ2n) is 7.32. The first-order chi connectivity index (χ1) is 13.6. The number of aromatic hydroxyl groups is 1. The zero-order valence-corrected chi connectivity index (χ0v) is 16.8. The van der Waals surface area contributed by atoms with E-state index >= 15 is 0 Å². The molecule has 158 valence electrons. The summed E-state index contributed by atoms with van der Waals surface area (Å²) in [4.78, 5) is 48.5. The maximum absolute atomic E-state index is 14.2. The predicted octanol–water partition coefficient (Wildman–Crippen LogP) is 2.78. The van der Waals surface area contributed by atoms with E-state index in [0.29, 0.717) is 17.8 Å². The van der Waals surface area contributed by atoms with Crippen molar-refractivity contribution in [1.82, 2.24) is 0 Å². The smallest absolute Gasteiger partial charge is 0.342 e. The van der Waals surface area contributed by atoms with E-state index in [9.17, 15) is 28.7 Å². The molecule has 2 rings (SSSR count). The lowest BCUT2D eigenvalue weighted by molar-refractivity contribution is -0.146. The lowest BCUT2D eigenvalue weighted by Gasteiger charge is -2.23. The number of cyclic esters (lactones) is 1. The molecule has 7 nitrogen and oxygen atoms in total. The van der Waals surface area contributed by atoms with Crippen LogP contribution >= 0.6 is 0 Å². The molecule has 0 amide bonds. The number of hydrogen-bond donors (Lipinski definition) is 2. The molecular formula is C21H26FNO6. The minimum absolute atomic E-state index is 0.0191. The molecule has 0 aromatic heterocycles. The molecule has 1 heterocycles. The van der Waals surface area contributed by atoms with Crippen LogP contribution in [0.4, 0.5) is 10.1 Å². The summed E-state index contributed by atoms with van der Waals surface area (Å²) in [5.41, 5.74) is 1.03. The average Bonchev–Trinajstić information content (AvgIpc) is 2.65. The number of esters is 1. The molecule has 0 aliphatic carbocycles. The summed E-state index contributed by atoms with van der Waals surface area (Å²) >= 11 is 0. The molecule has 8 heteroatoms. The van der Waals surface area contributed by atoms with Gasteiger partial charge in [-0.25, -0.2) is 9.18 Å². The van der Waals surface area contributed by atoms with E-state index in [1.54, 1.807) is 19.9 Å². The molecule has 1 unspecified atom stereocenters. The Balaban J connectivity index is 2.43. The van der Waals surface area contributed by atoms with Crippen LogP contribution < -0.4 is 5.32 Å². The van der Waals surface area contributed by atoms with Gasteiger partial charge in [0.2, 0.25) is 11.6 Å². The average molecular weight is 407 g/mol. The number of aryl methyl sites for hydroxylation is 1. The quantitative estimate of drug-likeness (QED) is 0.573. The fourth-order valence-electron chi connectivity index (χ4n) is 3.23. The van der Waals surface area contributed by atoms with Crippen LogP contribution in [0.2, 0.25) is 0 Å². The normalized spacial score (nSPS) is 24.5. The number of nitrogens with one attached hydrogen (secondary N) is 1. The third-order valence-corrected chi connectivity index (χ3v) is 5.07. The Bertz CT molecular complexity index is 822. The highest BCUT2D eigenvalue weighted by Crippen LogP contribution is 2.30. The maximum atomic E-state index is 14.2. The van der Waals surface area contributed by atoms with Crippen molar-refractivity contribution < 1.29 is 33.4 Å². The Morgan fingerprint density at radius 3 is 2.52 bits per heavy atom. The number of benzene rings is 1. The molecular weight excluding hydrogens is 381 g/mol. The highest BCUT2D eigenvalue weighted by atomic mass is 19.1.